The number of carbonyl (C=O) groups excluding carboxylic acids is 2. The van der Waals surface area contributed by atoms with Crippen molar-refractivity contribution in [1.82, 2.24) is 0 Å². The lowest BCUT2D eigenvalue weighted by Crippen LogP contribution is -2.55. The van der Waals surface area contributed by atoms with Gasteiger partial charge in [0.25, 0.3) is 11.8 Å². The number of halogens is 8. The van der Waals surface area contributed by atoms with Gasteiger partial charge in [-0.25, -0.2) is 0 Å². The maximum atomic E-state index is 14.9. The Labute approximate surface area is 252 Å². The van der Waals surface area contributed by atoms with E-state index in [1.165, 1.54) is 38.1 Å². The Hall–Kier alpha value is -4.02. The first-order valence-electron chi connectivity index (χ1n) is 12.6. The molecule has 4 rings (SSSR count). The van der Waals surface area contributed by atoms with Crippen molar-refractivity contribution in [2.45, 2.75) is 31.6 Å². The highest BCUT2D eigenvalue weighted by atomic mass is 35.5. The summed E-state index contributed by atoms with van der Waals surface area (Å²) in [6, 6.07) is 18.0. The molecule has 0 aliphatic heterocycles. The number of carbonyl (C=O) groups is 2. The second kappa shape index (κ2) is 11.9. The van der Waals surface area contributed by atoms with Crippen LogP contribution >= 0.6 is 23.2 Å². The van der Waals surface area contributed by atoms with Crippen LogP contribution in [0.15, 0.2) is 84.9 Å². The van der Waals surface area contributed by atoms with Gasteiger partial charge < -0.3 is 10.6 Å². The van der Waals surface area contributed by atoms with Crippen LogP contribution in [0.5, 0.6) is 0 Å². The summed E-state index contributed by atoms with van der Waals surface area (Å²) in [5.74, 6) is -1.32. The summed E-state index contributed by atoms with van der Waals surface area (Å²) in [5, 5.41) is 3.84. The Morgan fingerprint density at radius 2 is 0.907 bits per heavy atom. The second-order valence-corrected chi connectivity index (χ2v) is 10.5. The van der Waals surface area contributed by atoms with Gasteiger partial charge in [-0.3, -0.25) is 9.59 Å². The summed E-state index contributed by atoms with van der Waals surface area (Å²) in [6.07, 6.45) is -11.9. The minimum Gasteiger partial charge on any atom is -0.320 e. The van der Waals surface area contributed by atoms with Gasteiger partial charge in [0.1, 0.15) is 0 Å². The molecule has 0 spiro atoms. The van der Waals surface area contributed by atoms with E-state index >= 15 is 0 Å². The predicted molar refractivity (Wildman–Crippen MR) is 154 cm³/mol. The number of aryl methyl sites for hydroxylation is 2. The Kier molecular flexibility index (Phi) is 8.85. The molecular weight excluding hydrogens is 617 g/mol. The second-order valence-electron chi connectivity index (χ2n) is 9.69. The molecule has 12 heteroatoms. The smallest absolute Gasteiger partial charge is 0.320 e. The van der Waals surface area contributed by atoms with Crippen molar-refractivity contribution >= 4 is 46.4 Å². The highest BCUT2D eigenvalue weighted by Crippen LogP contribution is 2.58. The molecule has 0 radical (unpaired) electrons. The van der Waals surface area contributed by atoms with Gasteiger partial charge in [-0.05, 0) is 72.5 Å². The van der Waals surface area contributed by atoms with Gasteiger partial charge in [0.15, 0.2) is 0 Å². The van der Waals surface area contributed by atoms with E-state index in [2.05, 4.69) is 10.6 Å². The summed E-state index contributed by atoms with van der Waals surface area (Å²) in [6.45, 7) is 2.46. The Bertz CT molecular complexity index is 1500. The van der Waals surface area contributed by atoms with Crippen molar-refractivity contribution in [1.29, 1.82) is 0 Å². The zero-order valence-corrected chi connectivity index (χ0v) is 23.9. The van der Waals surface area contributed by atoms with Gasteiger partial charge in [0.05, 0.1) is 21.4 Å². The predicted octanol–water partition coefficient (Wildman–Crippen LogP) is 9.53. The third kappa shape index (κ3) is 6.07. The molecule has 0 aromatic heterocycles. The molecule has 224 valence electrons. The number of rotatable bonds is 6. The minimum absolute atomic E-state index is 0.140. The van der Waals surface area contributed by atoms with E-state index in [-0.39, 0.29) is 33.6 Å². The first kappa shape index (κ1) is 31.9. The molecule has 0 aliphatic rings. The van der Waals surface area contributed by atoms with E-state index < -0.39 is 50.8 Å². The Balaban J connectivity index is 1.85. The van der Waals surface area contributed by atoms with Gasteiger partial charge in [0.2, 0.25) is 5.41 Å². The lowest BCUT2D eigenvalue weighted by molar-refractivity contribution is -0.288. The molecule has 0 saturated carbocycles. The minimum atomic E-state index is -5.93. The van der Waals surface area contributed by atoms with Crippen molar-refractivity contribution in [2.75, 3.05) is 10.6 Å². The summed E-state index contributed by atoms with van der Waals surface area (Å²) >= 11 is 12.5. The SMILES string of the molecule is Cc1cc(C(c2cc(C)c(NC(=O)c3ccccc3)c(Cl)c2)(C(F)(F)F)C(F)(F)F)cc(Cl)c1NC(=O)c1ccccc1. The highest BCUT2D eigenvalue weighted by Gasteiger charge is 2.72. The highest BCUT2D eigenvalue weighted by molar-refractivity contribution is 6.34. The number of nitrogens with one attached hydrogen (secondary N) is 2. The molecule has 2 N–H and O–H groups in total. The molecular formula is C31H22Cl2F6N2O2. The molecule has 43 heavy (non-hydrogen) atoms. The van der Waals surface area contributed by atoms with Crippen molar-refractivity contribution in [2.24, 2.45) is 0 Å². The Morgan fingerprint density at radius 1 is 0.581 bits per heavy atom. The first-order valence-corrected chi connectivity index (χ1v) is 13.3. The average Bonchev–Trinajstić information content (AvgIpc) is 2.92. The summed E-state index contributed by atoms with van der Waals surface area (Å²) < 4.78 is 89.3. The van der Waals surface area contributed by atoms with E-state index in [0.29, 0.717) is 24.3 Å². The van der Waals surface area contributed by atoms with Crippen molar-refractivity contribution in [3.05, 3.63) is 128 Å². The van der Waals surface area contributed by atoms with Crippen molar-refractivity contribution in [3.63, 3.8) is 0 Å². The monoisotopic (exact) mass is 638 g/mol. The van der Waals surface area contributed by atoms with Crippen LogP contribution in [-0.4, -0.2) is 24.2 Å². The quantitative estimate of drug-likeness (QED) is 0.207. The maximum Gasteiger partial charge on any atom is 0.411 e. The molecule has 0 heterocycles. The van der Waals surface area contributed by atoms with Crippen molar-refractivity contribution in [3.8, 4) is 0 Å². The van der Waals surface area contributed by atoms with Gasteiger partial charge in [-0.1, -0.05) is 71.7 Å². The number of amides is 2. The molecule has 0 saturated heterocycles. The normalized spacial score (nSPS) is 12.1. The molecule has 2 amide bonds. The number of hydrogen-bond acceptors (Lipinski definition) is 2. The van der Waals surface area contributed by atoms with E-state index in [0.717, 1.165) is 0 Å². The molecule has 4 nitrogen and oxygen atoms in total. The van der Waals surface area contributed by atoms with Crippen LogP contribution in [0.1, 0.15) is 43.0 Å². The zero-order valence-electron chi connectivity index (χ0n) is 22.4. The number of benzene rings is 4. The van der Waals surface area contributed by atoms with Crippen LogP contribution in [0.2, 0.25) is 10.0 Å². The van der Waals surface area contributed by atoms with E-state index in [1.807, 2.05) is 0 Å². The van der Waals surface area contributed by atoms with E-state index in [4.69, 9.17) is 23.2 Å². The van der Waals surface area contributed by atoms with Crippen LogP contribution in [0.25, 0.3) is 0 Å². The van der Waals surface area contributed by atoms with Crippen LogP contribution in [-0.2, 0) is 5.41 Å². The lowest BCUT2D eigenvalue weighted by Gasteiger charge is -2.39. The standard InChI is InChI=1S/C31H22Cl2F6N2O2/c1-17-13-21(15-23(32)25(17)40-27(42)19-9-5-3-6-10-19)29(30(34,35)36,31(37,38)39)22-14-18(2)26(24(33)16-22)41-28(43)20-11-7-4-8-12-20/h3-16H,1-2H3,(H,40,42)(H,41,43). The van der Waals surface area contributed by atoms with Gasteiger partial charge in [-0.2, -0.15) is 26.3 Å². The molecule has 4 aromatic carbocycles. The molecule has 0 aliphatic carbocycles. The number of anilines is 2. The van der Waals surface area contributed by atoms with E-state index in [9.17, 15) is 35.9 Å². The van der Waals surface area contributed by atoms with Crippen LogP contribution in [0.3, 0.4) is 0 Å². The van der Waals surface area contributed by atoms with Gasteiger partial charge in [-0.15, -0.1) is 0 Å². The number of alkyl halides is 6. The molecule has 0 bridgehead atoms. The summed E-state index contributed by atoms with van der Waals surface area (Å²) in [5.41, 5.74) is -7.21. The maximum absolute atomic E-state index is 14.9. The fourth-order valence-electron chi connectivity index (χ4n) is 4.77. The number of hydrogen-bond donors (Lipinski definition) is 2. The topological polar surface area (TPSA) is 58.2 Å². The van der Waals surface area contributed by atoms with E-state index in [1.54, 1.807) is 36.4 Å². The van der Waals surface area contributed by atoms with Gasteiger partial charge in [0, 0.05) is 11.1 Å². The third-order valence-electron chi connectivity index (χ3n) is 6.84. The molecule has 0 atom stereocenters. The fraction of sp³-hybridized carbons (Fsp3) is 0.161. The molecule has 0 fully saturated rings. The van der Waals surface area contributed by atoms with Crippen LogP contribution in [0, 0.1) is 13.8 Å². The van der Waals surface area contributed by atoms with Crippen molar-refractivity contribution < 1.29 is 35.9 Å². The largest absolute Gasteiger partial charge is 0.411 e. The fourth-order valence-corrected chi connectivity index (χ4v) is 5.40. The lowest BCUT2D eigenvalue weighted by atomic mass is 9.72. The molecule has 4 aromatic rings. The zero-order chi connectivity index (χ0) is 31.7. The average molecular weight is 639 g/mol. The van der Waals surface area contributed by atoms with Crippen LogP contribution < -0.4 is 10.6 Å². The first-order chi connectivity index (χ1) is 20.1. The van der Waals surface area contributed by atoms with Crippen LogP contribution in [0.4, 0.5) is 37.7 Å². The molecule has 0 unspecified atom stereocenters. The summed E-state index contributed by atoms with van der Waals surface area (Å²) in [7, 11) is 0. The third-order valence-corrected chi connectivity index (χ3v) is 7.44. The Morgan fingerprint density at radius 3 is 1.19 bits per heavy atom. The summed E-state index contributed by atoms with van der Waals surface area (Å²) in [4.78, 5) is 25.3. The van der Waals surface area contributed by atoms with Gasteiger partial charge >= 0.3 is 12.4 Å².